The van der Waals surface area contributed by atoms with Gasteiger partial charge >= 0.3 is 0 Å². The van der Waals surface area contributed by atoms with E-state index in [1.807, 2.05) is 0 Å². The second kappa shape index (κ2) is 4.25. The first-order valence-electron chi connectivity index (χ1n) is 6.84. The quantitative estimate of drug-likeness (QED) is 0.794. The fourth-order valence-corrected chi connectivity index (χ4v) is 2.97. The number of rotatable bonds is 3. The monoisotopic (exact) mass is 238 g/mol. The maximum atomic E-state index is 12.5. The van der Waals surface area contributed by atoms with Gasteiger partial charge in [0, 0.05) is 19.2 Å². The van der Waals surface area contributed by atoms with E-state index in [0.29, 0.717) is 18.6 Å². The van der Waals surface area contributed by atoms with Crippen LogP contribution < -0.4 is 5.32 Å². The predicted molar refractivity (Wildman–Crippen MR) is 64.7 cm³/mol. The molecule has 0 radical (unpaired) electrons. The van der Waals surface area contributed by atoms with Gasteiger partial charge in [-0.2, -0.15) is 0 Å². The van der Waals surface area contributed by atoms with Crippen molar-refractivity contribution >= 4 is 5.91 Å². The number of hydrogen-bond acceptors (Lipinski definition) is 3. The first-order valence-corrected chi connectivity index (χ1v) is 6.84. The van der Waals surface area contributed by atoms with Gasteiger partial charge in [0.1, 0.15) is 0 Å². The van der Waals surface area contributed by atoms with E-state index < -0.39 is 0 Å². The zero-order valence-electron chi connectivity index (χ0n) is 10.6. The van der Waals surface area contributed by atoms with Crippen molar-refractivity contribution in [2.45, 2.75) is 56.7 Å². The molecule has 0 aromatic heterocycles. The molecule has 1 saturated carbocycles. The molecule has 1 N–H and O–H groups in total. The van der Waals surface area contributed by atoms with Crippen molar-refractivity contribution in [2.24, 2.45) is 0 Å². The van der Waals surface area contributed by atoms with Crippen molar-refractivity contribution in [2.75, 3.05) is 19.8 Å². The highest BCUT2D eigenvalue weighted by atomic mass is 16.5. The van der Waals surface area contributed by atoms with Gasteiger partial charge in [0.2, 0.25) is 5.91 Å². The average Bonchev–Trinajstić information content (AvgIpc) is 3.02. The number of likely N-dealkylation sites (tertiary alicyclic amines) is 1. The topological polar surface area (TPSA) is 41.6 Å². The smallest absolute Gasteiger partial charge is 0.240 e. The van der Waals surface area contributed by atoms with Crippen LogP contribution in [0.5, 0.6) is 0 Å². The Balaban J connectivity index is 1.69. The van der Waals surface area contributed by atoms with Gasteiger partial charge in [0.05, 0.1) is 18.2 Å². The van der Waals surface area contributed by atoms with Gasteiger partial charge < -0.3 is 15.0 Å². The van der Waals surface area contributed by atoms with Gasteiger partial charge in [-0.05, 0) is 39.0 Å². The summed E-state index contributed by atoms with van der Waals surface area (Å²) in [7, 11) is 0. The van der Waals surface area contributed by atoms with Gasteiger partial charge in [0.15, 0.2) is 0 Å². The maximum absolute atomic E-state index is 12.5. The maximum Gasteiger partial charge on any atom is 0.240 e. The number of piperidine rings is 1. The molecule has 3 rings (SSSR count). The highest BCUT2D eigenvalue weighted by Crippen LogP contribution is 2.30. The molecule has 3 fully saturated rings. The summed E-state index contributed by atoms with van der Waals surface area (Å²) in [4.78, 5) is 14.6. The molecule has 17 heavy (non-hydrogen) atoms. The van der Waals surface area contributed by atoms with E-state index >= 15 is 0 Å². The molecule has 2 heterocycles. The molecular formula is C13H22N2O2. The molecule has 1 aliphatic carbocycles. The molecule has 0 bridgehead atoms. The van der Waals surface area contributed by atoms with Crippen LogP contribution in [0.2, 0.25) is 0 Å². The normalized spacial score (nSPS) is 38.8. The minimum absolute atomic E-state index is 0.0546. The summed E-state index contributed by atoms with van der Waals surface area (Å²) in [6.07, 6.45) is 5.58. The molecule has 0 spiro atoms. The van der Waals surface area contributed by atoms with Gasteiger partial charge in [-0.25, -0.2) is 0 Å². The predicted octanol–water partition coefficient (Wildman–Crippen LogP) is 0.908. The van der Waals surface area contributed by atoms with Crippen molar-refractivity contribution in [3.8, 4) is 0 Å². The van der Waals surface area contributed by atoms with E-state index in [1.165, 1.54) is 12.8 Å². The number of carbonyl (C=O) groups is 1. The molecule has 4 nitrogen and oxygen atoms in total. The van der Waals surface area contributed by atoms with Crippen molar-refractivity contribution in [1.29, 1.82) is 0 Å². The van der Waals surface area contributed by atoms with Crippen molar-refractivity contribution in [1.82, 2.24) is 10.2 Å². The van der Waals surface area contributed by atoms with Crippen molar-refractivity contribution in [3.05, 3.63) is 0 Å². The summed E-state index contributed by atoms with van der Waals surface area (Å²) in [5.74, 6) is 0.302. The Morgan fingerprint density at radius 2 is 2.24 bits per heavy atom. The fourth-order valence-electron chi connectivity index (χ4n) is 2.97. The average molecular weight is 238 g/mol. The Bertz CT molecular complexity index is 309. The molecule has 0 aromatic carbocycles. The first kappa shape index (κ1) is 11.5. The Morgan fingerprint density at radius 3 is 2.88 bits per heavy atom. The molecule has 4 heteroatoms. The molecule has 96 valence electrons. The van der Waals surface area contributed by atoms with E-state index in [1.54, 1.807) is 0 Å². The number of nitrogens with one attached hydrogen (secondary N) is 1. The van der Waals surface area contributed by atoms with Crippen molar-refractivity contribution < 1.29 is 9.53 Å². The number of amides is 1. The van der Waals surface area contributed by atoms with Crippen molar-refractivity contribution in [3.63, 3.8) is 0 Å². The van der Waals surface area contributed by atoms with E-state index in [0.717, 1.165) is 32.4 Å². The number of nitrogens with zero attached hydrogens (tertiary/aromatic N) is 1. The van der Waals surface area contributed by atoms with E-state index in [2.05, 4.69) is 17.1 Å². The summed E-state index contributed by atoms with van der Waals surface area (Å²) in [5, 5.41) is 3.48. The standard InChI is InChI=1S/C13H22N2O2/c1-13(6-8-17-9-13)15-7-2-3-11(12(15)16)14-10-4-5-10/h10-11,14H,2-9H2,1H3. The molecular weight excluding hydrogens is 216 g/mol. The minimum Gasteiger partial charge on any atom is -0.379 e. The highest BCUT2D eigenvalue weighted by molar-refractivity contribution is 5.83. The molecule has 1 amide bonds. The molecule has 2 atom stereocenters. The second-order valence-electron chi connectivity index (χ2n) is 5.93. The number of hydrogen-bond donors (Lipinski definition) is 1. The SMILES string of the molecule is CC1(N2CCCC(NC3CC3)C2=O)CCOC1. The van der Waals surface area contributed by atoms with Crippen LogP contribution in [0.3, 0.4) is 0 Å². The summed E-state index contributed by atoms with van der Waals surface area (Å²) in [6, 6.07) is 0.671. The third-order valence-corrected chi connectivity index (χ3v) is 4.30. The van der Waals surface area contributed by atoms with Crippen LogP contribution in [-0.2, 0) is 9.53 Å². The minimum atomic E-state index is -0.0546. The van der Waals surface area contributed by atoms with E-state index in [-0.39, 0.29) is 11.6 Å². The zero-order chi connectivity index (χ0) is 11.9. The van der Waals surface area contributed by atoms with E-state index in [9.17, 15) is 4.79 Å². The summed E-state index contributed by atoms with van der Waals surface area (Å²) < 4.78 is 5.48. The largest absolute Gasteiger partial charge is 0.379 e. The molecule has 2 unspecified atom stereocenters. The lowest BCUT2D eigenvalue weighted by Crippen LogP contribution is -2.59. The molecule has 2 saturated heterocycles. The zero-order valence-corrected chi connectivity index (χ0v) is 10.6. The third kappa shape index (κ3) is 2.20. The van der Waals surface area contributed by atoms with Crippen LogP contribution in [0.15, 0.2) is 0 Å². The van der Waals surface area contributed by atoms with Crippen LogP contribution in [0.4, 0.5) is 0 Å². The van der Waals surface area contributed by atoms with Crippen LogP contribution in [0, 0.1) is 0 Å². The fraction of sp³-hybridized carbons (Fsp3) is 0.923. The highest BCUT2D eigenvalue weighted by Gasteiger charge is 2.43. The molecule has 0 aromatic rings. The Hall–Kier alpha value is -0.610. The Labute approximate surface area is 103 Å². The summed E-state index contributed by atoms with van der Waals surface area (Å²) in [5.41, 5.74) is -0.0546. The number of ether oxygens (including phenoxy) is 1. The van der Waals surface area contributed by atoms with Crippen LogP contribution in [-0.4, -0.2) is 48.2 Å². The lowest BCUT2D eigenvalue weighted by Gasteiger charge is -2.42. The summed E-state index contributed by atoms with van der Waals surface area (Å²) >= 11 is 0. The summed E-state index contributed by atoms with van der Waals surface area (Å²) in [6.45, 7) is 4.56. The van der Waals surface area contributed by atoms with Gasteiger partial charge in [-0.3, -0.25) is 4.79 Å². The van der Waals surface area contributed by atoms with Gasteiger partial charge in [-0.15, -0.1) is 0 Å². The van der Waals surface area contributed by atoms with Crippen LogP contribution >= 0.6 is 0 Å². The lowest BCUT2D eigenvalue weighted by atomic mass is 9.93. The second-order valence-corrected chi connectivity index (χ2v) is 5.93. The van der Waals surface area contributed by atoms with Gasteiger partial charge in [-0.1, -0.05) is 0 Å². The molecule has 2 aliphatic heterocycles. The van der Waals surface area contributed by atoms with Gasteiger partial charge in [0.25, 0.3) is 0 Å². The molecule has 3 aliphatic rings. The first-order chi connectivity index (χ1) is 8.19. The Kier molecular flexibility index (Phi) is 2.87. The lowest BCUT2D eigenvalue weighted by molar-refractivity contribution is -0.142. The third-order valence-electron chi connectivity index (χ3n) is 4.30. The number of carbonyl (C=O) groups excluding carboxylic acids is 1. The van der Waals surface area contributed by atoms with Crippen LogP contribution in [0.25, 0.3) is 0 Å². The van der Waals surface area contributed by atoms with Crippen LogP contribution in [0.1, 0.15) is 39.0 Å². The van der Waals surface area contributed by atoms with E-state index in [4.69, 9.17) is 4.74 Å². The Morgan fingerprint density at radius 1 is 1.41 bits per heavy atom.